The summed E-state index contributed by atoms with van der Waals surface area (Å²) in [5, 5.41) is 1.17. The van der Waals surface area contributed by atoms with Crippen molar-refractivity contribution in [1.82, 2.24) is 29.1 Å². The van der Waals surface area contributed by atoms with Crippen LogP contribution in [0.25, 0.3) is 21.3 Å². The first-order chi connectivity index (χ1) is 15.4. The standard InChI is InChI=1S/C22H26N6O2S2/c1-26(2)32(29,30)16-7-8-17-19(13-16)24-21(23-17)14-27-9-11-28(12-10-27)15-22-25-18-5-3-4-6-20(18)31-22/h3-8,13H,9-12,14-15H2,1-2H3,(H,23,24). The molecule has 8 nitrogen and oxygen atoms in total. The normalized spacial score (nSPS) is 16.5. The quantitative estimate of drug-likeness (QED) is 0.466. The van der Waals surface area contributed by atoms with Crippen LogP contribution < -0.4 is 0 Å². The average Bonchev–Trinajstić information content (AvgIpc) is 3.37. The van der Waals surface area contributed by atoms with E-state index in [0.29, 0.717) is 0 Å². The number of H-pyrrole nitrogens is 1. The van der Waals surface area contributed by atoms with Gasteiger partial charge in [-0.25, -0.2) is 22.7 Å². The van der Waals surface area contributed by atoms with Crippen molar-refractivity contribution in [3.05, 3.63) is 53.3 Å². The van der Waals surface area contributed by atoms with Crippen molar-refractivity contribution < 1.29 is 8.42 Å². The lowest BCUT2D eigenvalue weighted by Gasteiger charge is -2.33. The van der Waals surface area contributed by atoms with Crippen LogP contribution in [0.5, 0.6) is 0 Å². The molecular formula is C22H26N6O2S2. The van der Waals surface area contributed by atoms with Crippen LogP contribution in [-0.2, 0) is 23.1 Å². The summed E-state index contributed by atoms with van der Waals surface area (Å²) >= 11 is 1.77. The Morgan fingerprint density at radius 2 is 1.69 bits per heavy atom. The van der Waals surface area contributed by atoms with Crippen molar-refractivity contribution in [2.45, 2.75) is 18.0 Å². The maximum atomic E-state index is 12.4. The Labute approximate surface area is 191 Å². The molecule has 0 saturated carbocycles. The zero-order chi connectivity index (χ0) is 22.3. The largest absolute Gasteiger partial charge is 0.341 e. The SMILES string of the molecule is CN(C)S(=O)(=O)c1ccc2nc(CN3CCN(Cc4nc5ccccc5s4)CC3)[nH]c2c1. The van der Waals surface area contributed by atoms with E-state index in [4.69, 9.17) is 4.98 Å². The second-order valence-electron chi connectivity index (χ2n) is 8.28. The number of hydrogen-bond donors (Lipinski definition) is 1. The lowest BCUT2D eigenvalue weighted by Crippen LogP contribution is -2.45. The first-order valence-electron chi connectivity index (χ1n) is 10.6. The van der Waals surface area contributed by atoms with Crippen LogP contribution in [-0.4, -0.2) is 77.7 Å². The molecule has 4 aromatic rings. The van der Waals surface area contributed by atoms with Crippen LogP contribution in [0.15, 0.2) is 47.4 Å². The van der Waals surface area contributed by atoms with Crippen LogP contribution in [0, 0.1) is 0 Å². The van der Waals surface area contributed by atoms with Crippen LogP contribution in [0.1, 0.15) is 10.8 Å². The van der Waals surface area contributed by atoms with Gasteiger partial charge in [0.15, 0.2) is 0 Å². The summed E-state index contributed by atoms with van der Waals surface area (Å²) < 4.78 is 27.2. The molecule has 1 aliphatic heterocycles. The molecule has 1 N–H and O–H groups in total. The molecule has 1 aliphatic rings. The Kier molecular flexibility index (Phi) is 5.72. The molecule has 0 atom stereocenters. The van der Waals surface area contributed by atoms with Crippen molar-refractivity contribution in [2.75, 3.05) is 40.3 Å². The van der Waals surface area contributed by atoms with E-state index in [0.717, 1.165) is 61.6 Å². The average molecular weight is 471 g/mol. The molecule has 10 heteroatoms. The van der Waals surface area contributed by atoms with Gasteiger partial charge in [0, 0.05) is 40.3 Å². The Hall–Kier alpha value is -2.37. The summed E-state index contributed by atoms with van der Waals surface area (Å²) in [7, 11) is -0.389. The molecule has 1 fully saturated rings. The molecule has 168 valence electrons. The van der Waals surface area contributed by atoms with Crippen LogP contribution in [0.4, 0.5) is 0 Å². The zero-order valence-corrected chi connectivity index (χ0v) is 19.8. The molecule has 0 bridgehead atoms. The molecule has 32 heavy (non-hydrogen) atoms. The van der Waals surface area contributed by atoms with Crippen molar-refractivity contribution in [3.63, 3.8) is 0 Å². The molecule has 0 unspecified atom stereocenters. The fourth-order valence-electron chi connectivity index (χ4n) is 3.98. The number of fused-ring (bicyclic) bond motifs is 2. The van der Waals surface area contributed by atoms with E-state index in [9.17, 15) is 8.42 Å². The van der Waals surface area contributed by atoms with E-state index >= 15 is 0 Å². The van der Waals surface area contributed by atoms with Gasteiger partial charge in [-0.05, 0) is 30.3 Å². The molecule has 2 aromatic heterocycles. The summed E-state index contributed by atoms with van der Waals surface area (Å²) in [6, 6.07) is 13.3. The van der Waals surface area contributed by atoms with Gasteiger partial charge in [-0.2, -0.15) is 0 Å². The number of rotatable bonds is 6. The molecule has 0 amide bonds. The number of imidazole rings is 1. The van der Waals surface area contributed by atoms with Crippen molar-refractivity contribution in [1.29, 1.82) is 0 Å². The van der Waals surface area contributed by atoms with E-state index in [2.05, 4.69) is 38.0 Å². The van der Waals surface area contributed by atoms with Gasteiger partial charge in [-0.15, -0.1) is 11.3 Å². The lowest BCUT2D eigenvalue weighted by atomic mass is 10.3. The number of sulfonamides is 1. The third-order valence-electron chi connectivity index (χ3n) is 5.82. The number of nitrogens with zero attached hydrogens (tertiary/aromatic N) is 5. The molecule has 2 aromatic carbocycles. The molecule has 1 saturated heterocycles. The van der Waals surface area contributed by atoms with Gasteiger partial charge >= 0.3 is 0 Å². The maximum Gasteiger partial charge on any atom is 0.242 e. The van der Waals surface area contributed by atoms with E-state index in [1.165, 1.54) is 28.1 Å². The summed E-state index contributed by atoms with van der Waals surface area (Å²) in [6.07, 6.45) is 0. The number of hydrogen-bond acceptors (Lipinski definition) is 7. The predicted molar refractivity (Wildman–Crippen MR) is 127 cm³/mol. The van der Waals surface area contributed by atoms with Gasteiger partial charge in [0.2, 0.25) is 10.0 Å². The number of aromatic nitrogens is 3. The third-order valence-corrected chi connectivity index (χ3v) is 8.65. The lowest BCUT2D eigenvalue weighted by molar-refractivity contribution is 0.120. The number of benzene rings is 2. The fourth-order valence-corrected chi connectivity index (χ4v) is 5.92. The summed E-state index contributed by atoms with van der Waals surface area (Å²) in [5.74, 6) is 0.860. The highest BCUT2D eigenvalue weighted by molar-refractivity contribution is 7.89. The molecule has 0 radical (unpaired) electrons. The smallest absolute Gasteiger partial charge is 0.242 e. The van der Waals surface area contributed by atoms with Gasteiger partial charge in [0.05, 0.1) is 39.2 Å². The van der Waals surface area contributed by atoms with E-state index in [1.807, 2.05) is 6.07 Å². The minimum absolute atomic E-state index is 0.272. The minimum Gasteiger partial charge on any atom is -0.341 e. The maximum absolute atomic E-state index is 12.4. The van der Waals surface area contributed by atoms with Crippen molar-refractivity contribution >= 4 is 42.6 Å². The van der Waals surface area contributed by atoms with E-state index < -0.39 is 10.0 Å². The summed E-state index contributed by atoms with van der Waals surface area (Å²) in [6.45, 7) is 5.51. The molecule has 0 spiro atoms. The minimum atomic E-state index is -3.46. The first-order valence-corrected chi connectivity index (χ1v) is 12.8. The Balaban J connectivity index is 1.21. The first kappa shape index (κ1) is 21.5. The second-order valence-corrected chi connectivity index (χ2v) is 11.5. The fraction of sp³-hybridized carbons (Fsp3) is 0.364. The third kappa shape index (κ3) is 4.28. The second kappa shape index (κ2) is 8.53. The van der Waals surface area contributed by atoms with Crippen molar-refractivity contribution in [3.8, 4) is 0 Å². The van der Waals surface area contributed by atoms with Gasteiger partial charge in [0.25, 0.3) is 0 Å². The zero-order valence-electron chi connectivity index (χ0n) is 18.2. The molecule has 0 aliphatic carbocycles. The summed E-state index contributed by atoms with van der Waals surface area (Å²) in [4.78, 5) is 17.8. The van der Waals surface area contributed by atoms with Gasteiger partial charge < -0.3 is 4.98 Å². The number of thiazole rings is 1. The summed E-state index contributed by atoms with van der Waals surface area (Å²) in [5.41, 5.74) is 2.61. The monoisotopic (exact) mass is 470 g/mol. The van der Waals surface area contributed by atoms with Crippen LogP contribution in [0.3, 0.4) is 0 Å². The molecule has 3 heterocycles. The van der Waals surface area contributed by atoms with E-state index in [-0.39, 0.29) is 4.90 Å². The number of para-hydroxylation sites is 1. The van der Waals surface area contributed by atoms with Gasteiger partial charge in [-0.1, -0.05) is 12.1 Å². The topological polar surface area (TPSA) is 85.4 Å². The van der Waals surface area contributed by atoms with Crippen LogP contribution >= 0.6 is 11.3 Å². The Morgan fingerprint density at radius 3 is 2.41 bits per heavy atom. The van der Waals surface area contributed by atoms with Crippen LogP contribution in [0.2, 0.25) is 0 Å². The van der Waals surface area contributed by atoms with Crippen molar-refractivity contribution in [2.24, 2.45) is 0 Å². The highest BCUT2D eigenvalue weighted by atomic mass is 32.2. The number of nitrogens with one attached hydrogen (secondary N) is 1. The van der Waals surface area contributed by atoms with Gasteiger partial charge in [0.1, 0.15) is 10.8 Å². The Morgan fingerprint density at radius 1 is 0.969 bits per heavy atom. The predicted octanol–water partition coefficient (Wildman–Crippen LogP) is 2.74. The Bertz CT molecular complexity index is 1320. The number of piperazine rings is 1. The highest BCUT2D eigenvalue weighted by Crippen LogP contribution is 2.23. The molecular weight excluding hydrogens is 444 g/mol. The highest BCUT2D eigenvalue weighted by Gasteiger charge is 2.21. The number of aromatic amines is 1. The molecule has 5 rings (SSSR count). The van der Waals surface area contributed by atoms with Gasteiger partial charge in [-0.3, -0.25) is 9.80 Å². The van der Waals surface area contributed by atoms with E-state index in [1.54, 1.807) is 29.5 Å².